The first kappa shape index (κ1) is 24.0. The maximum Gasteiger partial charge on any atom is 0.297 e. The zero-order valence-corrected chi connectivity index (χ0v) is 20.1. The van der Waals surface area contributed by atoms with Crippen LogP contribution in [0.25, 0.3) is 0 Å². The Morgan fingerprint density at radius 3 is 2.29 bits per heavy atom. The number of hydrogen-bond donors (Lipinski definition) is 0. The summed E-state index contributed by atoms with van der Waals surface area (Å²) in [6.07, 6.45) is 5.63. The van der Waals surface area contributed by atoms with E-state index in [4.69, 9.17) is 8.92 Å². The van der Waals surface area contributed by atoms with E-state index < -0.39 is 10.1 Å². The summed E-state index contributed by atoms with van der Waals surface area (Å²) in [5.74, 6) is 0. The Balaban J connectivity index is 1.77. The summed E-state index contributed by atoms with van der Waals surface area (Å²) in [6.45, 7) is 9.13. The van der Waals surface area contributed by atoms with Crippen LogP contribution in [-0.2, 0) is 31.1 Å². The molecule has 5 heteroatoms. The highest BCUT2D eigenvalue weighted by atomic mass is 32.2. The Labute approximate surface area is 188 Å². The average Bonchev–Trinajstić information content (AvgIpc) is 2.76. The van der Waals surface area contributed by atoms with Crippen molar-refractivity contribution in [1.29, 1.82) is 0 Å². The SMILES string of the molecule is CCCCOC1(c2cc(CC)ccc2C)CCC(OS(=O)(=O)c2ccc(C)cc2)CC1. The Kier molecular flexibility index (Phi) is 7.95. The van der Waals surface area contributed by atoms with Gasteiger partial charge in [-0.05, 0) is 81.2 Å². The Morgan fingerprint density at radius 2 is 1.68 bits per heavy atom. The van der Waals surface area contributed by atoms with Crippen molar-refractivity contribution < 1.29 is 17.3 Å². The van der Waals surface area contributed by atoms with Crippen LogP contribution in [0.5, 0.6) is 0 Å². The number of benzene rings is 2. The van der Waals surface area contributed by atoms with E-state index in [9.17, 15) is 8.42 Å². The largest absolute Gasteiger partial charge is 0.370 e. The predicted molar refractivity (Wildman–Crippen MR) is 125 cm³/mol. The second-order valence-corrected chi connectivity index (χ2v) is 10.3. The molecule has 1 fully saturated rings. The monoisotopic (exact) mass is 444 g/mol. The summed E-state index contributed by atoms with van der Waals surface area (Å²) in [7, 11) is -3.76. The number of hydrogen-bond acceptors (Lipinski definition) is 4. The fourth-order valence-electron chi connectivity index (χ4n) is 4.38. The maximum absolute atomic E-state index is 12.7. The van der Waals surface area contributed by atoms with E-state index in [2.05, 4.69) is 39.0 Å². The topological polar surface area (TPSA) is 52.6 Å². The molecule has 0 bridgehead atoms. The lowest BCUT2D eigenvalue weighted by atomic mass is 9.76. The molecular weight excluding hydrogens is 408 g/mol. The number of aryl methyl sites for hydroxylation is 3. The highest BCUT2D eigenvalue weighted by Gasteiger charge is 2.40. The van der Waals surface area contributed by atoms with Crippen LogP contribution in [0, 0.1) is 13.8 Å². The van der Waals surface area contributed by atoms with Crippen molar-refractivity contribution in [3.05, 3.63) is 64.7 Å². The van der Waals surface area contributed by atoms with Crippen LogP contribution in [0.15, 0.2) is 47.4 Å². The molecule has 1 saturated carbocycles. The zero-order valence-electron chi connectivity index (χ0n) is 19.3. The van der Waals surface area contributed by atoms with Crippen molar-refractivity contribution in [2.45, 2.75) is 89.2 Å². The van der Waals surface area contributed by atoms with Crippen molar-refractivity contribution in [2.24, 2.45) is 0 Å². The third-order valence-corrected chi connectivity index (χ3v) is 7.77. The van der Waals surface area contributed by atoms with Gasteiger partial charge in [0.1, 0.15) is 0 Å². The maximum atomic E-state index is 12.7. The van der Waals surface area contributed by atoms with E-state index in [-0.39, 0.29) is 16.6 Å². The summed E-state index contributed by atoms with van der Waals surface area (Å²) < 4.78 is 37.7. The van der Waals surface area contributed by atoms with Gasteiger partial charge in [-0.1, -0.05) is 56.2 Å². The van der Waals surface area contributed by atoms with Gasteiger partial charge in [0.2, 0.25) is 0 Å². The van der Waals surface area contributed by atoms with Crippen LogP contribution in [0.1, 0.15) is 74.6 Å². The molecule has 4 nitrogen and oxygen atoms in total. The van der Waals surface area contributed by atoms with Gasteiger partial charge in [0.05, 0.1) is 16.6 Å². The van der Waals surface area contributed by atoms with Crippen molar-refractivity contribution in [3.8, 4) is 0 Å². The van der Waals surface area contributed by atoms with Crippen LogP contribution in [0.3, 0.4) is 0 Å². The number of rotatable bonds is 9. The van der Waals surface area contributed by atoms with Crippen LogP contribution in [0.2, 0.25) is 0 Å². The molecule has 0 saturated heterocycles. The zero-order chi connectivity index (χ0) is 22.5. The van der Waals surface area contributed by atoms with Gasteiger partial charge in [-0.3, -0.25) is 4.18 Å². The van der Waals surface area contributed by atoms with Crippen LogP contribution < -0.4 is 0 Å². The Hall–Kier alpha value is -1.69. The van der Waals surface area contributed by atoms with E-state index in [0.29, 0.717) is 12.8 Å². The number of ether oxygens (including phenoxy) is 1. The Morgan fingerprint density at radius 1 is 1.00 bits per heavy atom. The Bertz CT molecular complexity index is 955. The minimum Gasteiger partial charge on any atom is -0.370 e. The molecule has 0 N–H and O–H groups in total. The smallest absolute Gasteiger partial charge is 0.297 e. The lowest BCUT2D eigenvalue weighted by molar-refractivity contribution is -0.0923. The van der Waals surface area contributed by atoms with Crippen LogP contribution >= 0.6 is 0 Å². The lowest BCUT2D eigenvalue weighted by Crippen LogP contribution is -2.38. The summed E-state index contributed by atoms with van der Waals surface area (Å²) >= 11 is 0. The number of unbranched alkanes of at least 4 members (excludes halogenated alkanes) is 1. The second-order valence-electron chi connectivity index (χ2n) is 8.76. The van der Waals surface area contributed by atoms with Gasteiger partial charge in [0.15, 0.2) is 0 Å². The third-order valence-electron chi connectivity index (χ3n) is 6.39. The molecule has 0 unspecified atom stereocenters. The van der Waals surface area contributed by atoms with Gasteiger partial charge < -0.3 is 4.74 Å². The third kappa shape index (κ3) is 5.76. The van der Waals surface area contributed by atoms with E-state index in [1.54, 1.807) is 24.3 Å². The minimum absolute atomic E-state index is 0.223. The first-order valence-corrected chi connectivity index (χ1v) is 12.9. The second kappa shape index (κ2) is 10.3. The fraction of sp³-hybridized carbons (Fsp3) is 0.538. The molecule has 0 aliphatic heterocycles. The molecule has 0 amide bonds. The molecule has 2 aromatic carbocycles. The van der Waals surface area contributed by atoms with Crippen LogP contribution in [0.4, 0.5) is 0 Å². The summed E-state index contributed by atoms with van der Waals surface area (Å²) in [6, 6.07) is 13.5. The lowest BCUT2D eigenvalue weighted by Gasteiger charge is -2.41. The molecule has 0 atom stereocenters. The first-order chi connectivity index (χ1) is 14.8. The fourth-order valence-corrected chi connectivity index (χ4v) is 5.51. The normalized spacial score (nSPS) is 21.9. The minimum atomic E-state index is -3.76. The van der Waals surface area contributed by atoms with Gasteiger partial charge in [-0.25, -0.2) is 0 Å². The highest BCUT2D eigenvalue weighted by molar-refractivity contribution is 7.86. The summed E-state index contributed by atoms with van der Waals surface area (Å²) in [5.41, 5.74) is 4.45. The van der Waals surface area contributed by atoms with Gasteiger partial charge >= 0.3 is 0 Å². The van der Waals surface area contributed by atoms with Gasteiger partial charge in [-0.2, -0.15) is 8.42 Å². The summed E-state index contributed by atoms with van der Waals surface area (Å²) in [4.78, 5) is 0.223. The van der Waals surface area contributed by atoms with Crippen molar-refractivity contribution >= 4 is 10.1 Å². The van der Waals surface area contributed by atoms with E-state index in [1.165, 1.54) is 16.7 Å². The molecule has 2 aromatic rings. The highest BCUT2D eigenvalue weighted by Crippen LogP contribution is 2.43. The van der Waals surface area contributed by atoms with Crippen molar-refractivity contribution in [1.82, 2.24) is 0 Å². The van der Waals surface area contributed by atoms with E-state index in [0.717, 1.165) is 44.3 Å². The van der Waals surface area contributed by atoms with Gasteiger partial charge in [-0.15, -0.1) is 0 Å². The summed E-state index contributed by atoms with van der Waals surface area (Å²) in [5, 5.41) is 0. The molecule has 170 valence electrons. The molecule has 31 heavy (non-hydrogen) atoms. The molecule has 3 rings (SSSR count). The molecule has 0 radical (unpaired) electrons. The van der Waals surface area contributed by atoms with Crippen LogP contribution in [-0.4, -0.2) is 21.1 Å². The predicted octanol–water partition coefficient (Wildman–Crippen LogP) is 6.23. The molecular formula is C26H36O4S. The molecule has 0 heterocycles. The molecule has 1 aliphatic rings. The van der Waals surface area contributed by atoms with E-state index in [1.807, 2.05) is 6.92 Å². The van der Waals surface area contributed by atoms with E-state index >= 15 is 0 Å². The van der Waals surface area contributed by atoms with Crippen molar-refractivity contribution in [3.63, 3.8) is 0 Å². The first-order valence-electron chi connectivity index (χ1n) is 11.5. The molecule has 1 aliphatic carbocycles. The average molecular weight is 445 g/mol. The molecule has 0 spiro atoms. The molecule has 0 aromatic heterocycles. The van der Waals surface area contributed by atoms with Gasteiger partial charge in [0, 0.05) is 6.61 Å². The van der Waals surface area contributed by atoms with Crippen molar-refractivity contribution in [2.75, 3.05) is 6.61 Å². The van der Waals surface area contributed by atoms with Gasteiger partial charge in [0.25, 0.3) is 10.1 Å². The quantitative estimate of drug-likeness (QED) is 0.340. The standard InChI is InChI=1S/C26H36O4S/c1-5-7-18-29-26(25-19-22(6-2)11-10-21(25)4)16-14-23(15-17-26)30-31(27,28)24-12-8-20(3)9-13-24/h8-13,19,23H,5-7,14-18H2,1-4H3.